The molecule has 0 fully saturated rings. The Morgan fingerprint density at radius 3 is 1.78 bits per heavy atom. The van der Waals surface area contributed by atoms with Gasteiger partial charge in [-0.2, -0.15) is 0 Å². The summed E-state index contributed by atoms with van der Waals surface area (Å²) in [5.74, 6) is 0. The molecule has 50 heavy (non-hydrogen) atoms. The van der Waals surface area contributed by atoms with E-state index in [2.05, 4.69) is 177 Å². The fraction of sp³-hybridized carbons (Fsp3) is 0.255. The van der Waals surface area contributed by atoms with E-state index in [9.17, 15) is 0 Å². The minimum absolute atomic E-state index is 0. The predicted molar refractivity (Wildman–Crippen MR) is 220 cm³/mol. The second-order valence-electron chi connectivity index (χ2n) is 15.9. The van der Waals surface area contributed by atoms with Crippen LogP contribution >= 0.6 is 24.8 Å². The SMILES string of the molecule is C/[C](c1ccc(C)cc1)=[Zr](\[C]1=CC=CC1)[c]1c2c(cc(C(C)(C)C)c1-c1ccccc1)-c1cc(C(C)(C)C)c(-c3ccccc3)cc1C2.Cl.Cl. The zero-order valence-corrected chi connectivity index (χ0v) is 34.9. The van der Waals surface area contributed by atoms with Crippen LogP contribution in [0.4, 0.5) is 0 Å². The smallest absolute Gasteiger partial charge is 0.147 e. The molecule has 0 atom stereocenters. The van der Waals surface area contributed by atoms with Gasteiger partial charge in [-0.1, -0.05) is 0 Å². The minimum atomic E-state index is -2.71. The summed E-state index contributed by atoms with van der Waals surface area (Å²) in [5, 5.41) is 0. The average molecular weight is 777 g/mol. The van der Waals surface area contributed by atoms with Gasteiger partial charge in [-0.05, 0) is 0 Å². The molecular weight excluding hydrogens is 727 g/mol. The molecule has 0 heterocycles. The van der Waals surface area contributed by atoms with Crippen LogP contribution in [0.2, 0.25) is 0 Å². The van der Waals surface area contributed by atoms with Gasteiger partial charge in [-0.15, -0.1) is 24.8 Å². The van der Waals surface area contributed by atoms with E-state index < -0.39 is 21.3 Å². The van der Waals surface area contributed by atoms with Crippen LogP contribution in [0.25, 0.3) is 33.4 Å². The van der Waals surface area contributed by atoms with E-state index in [4.69, 9.17) is 0 Å². The van der Waals surface area contributed by atoms with Gasteiger partial charge in [0.1, 0.15) is 0 Å². The zero-order chi connectivity index (χ0) is 33.8. The normalized spacial score (nSPS) is 13.9. The maximum atomic E-state index is 2.60. The van der Waals surface area contributed by atoms with Crippen molar-refractivity contribution < 1.29 is 21.3 Å². The van der Waals surface area contributed by atoms with Gasteiger partial charge in [0.05, 0.1) is 0 Å². The Kier molecular flexibility index (Phi) is 11.3. The Hall–Kier alpha value is -3.09. The Morgan fingerprint density at radius 2 is 1.22 bits per heavy atom. The molecule has 3 heteroatoms. The van der Waals surface area contributed by atoms with Crippen molar-refractivity contribution >= 4 is 31.3 Å². The number of rotatable bonds is 5. The first-order valence-corrected chi connectivity index (χ1v) is 21.2. The van der Waals surface area contributed by atoms with Crippen LogP contribution in [0.15, 0.2) is 125 Å². The molecule has 0 saturated heterocycles. The standard InChI is InChI=1S/C33H33.C9H10.C5H5.2ClH.Zr/c1-32(2,3)30-20-26-24(18-28(30)22-13-9-7-10-14-22)17-25-19-29(23-15-11-8-12-16-23)31(21-27(25)26)33(4,5)6;1-3-9-6-4-8(2)5-7-9;1-2-4-5-3-1;;;/h7-16,18,20-21H,17H2,1-6H3;4-7H,1-2H3;1-3H,4H2;2*1H;. The van der Waals surface area contributed by atoms with Gasteiger partial charge in [-0.3, -0.25) is 0 Å². The summed E-state index contributed by atoms with van der Waals surface area (Å²) >= 11 is -2.71. The largest absolute Gasteiger partial charge is 0.147 e. The number of halogens is 2. The van der Waals surface area contributed by atoms with Crippen molar-refractivity contribution in [3.8, 4) is 33.4 Å². The van der Waals surface area contributed by atoms with E-state index in [1.165, 1.54) is 61.2 Å². The van der Waals surface area contributed by atoms with Crippen molar-refractivity contribution in [3.05, 3.63) is 158 Å². The maximum absolute atomic E-state index is 2.71. The van der Waals surface area contributed by atoms with Crippen LogP contribution in [0.3, 0.4) is 0 Å². The first kappa shape index (κ1) is 38.2. The fourth-order valence-electron chi connectivity index (χ4n) is 7.80. The van der Waals surface area contributed by atoms with E-state index in [0.717, 1.165) is 12.8 Å². The molecule has 0 unspecified atom stereocenters. The number of hydrogen-bond acceptors (Lipinski definition) is 0. The monoisotopic (exact) mass is 774 g/mol. The van der Waals surface area contributed by atoms with Gasteiger partial charge < -0.3 is 0 Å². The third-order valence-electron chi connectivity index (χ3n) is 10.3. The molecule has 0 aromatic heterocycles. The molecule has 7 rings (SSSR count). The van der Waals surface area contributed by atoms with Crippen molar-refractivity contribution in [2.75, 3.05) is 0 Å². The number of benzene rings is 5. The summed E-state index contributed by atoms with van der Waals surface area (Å²) in [4.78, 5) is 0. The average Bonchev–Trinajstić information content (AvgIpc) is 3.72. The number of hydrogen-bond donors (Lipinski definition) is 0. The van der Waals surface area contributed by atoms with E-state index in [-0.39, 0.29) is 35.6 Å². The van der Waals surface area contributed by atoms with Gasteiger partial charge in [0.15, 0.2) is 0 Å². The molecule has 0 aliphatic heterocycles. The first-order valence-electron chi connectivity index (χ1n) is 17.5. The van der Waals surface area contributed by atoms with Gasteiger partial charge >= 0.3 is 298 Å². The van der Waals surface area contributed by atoms with Gasteiger partial charge in [0.25, 0.3) is 0 Å². The Balaban J connectivity index is 0.00000243. The second kappa shape index (κ2) is 14.9. The molecule has 2 aliphatic carbocycles. The molecule has 0 saturated carbocycles. The summed E-state index contributed by atoms with van der Waals surface area (Å²) in [5.41, 5.74) is 17.1. The number of aryl methyl sites for hydroxylation is 1. The van der Waals surface area contributed by atoms with Crippen LogP contribution in [0, 0.1) is 6.92 Å². The predicted octanol–water partition coefficient (Wildman–Crippen LogP) is 12.7. The molecule has 5 aromatic carbocycles. The number of fused-ring (bicyclic) bond motifs is 3. The Bertz CT molecular complexity index is 2120. The van der Waals surface area contributed by atoms with Crippen molar-refractivity contribution in [1.82, 2.24) is 0 Å². The van der Waals surface area contributed by atoms with Crippen molar-refractivity contribution in [3.63, 3.8) is 0 Å². The summed E-state index contributed by atoms with van der Waals surface area (Å²) in [6, 6.07) is 39.4. The summed E-state index contributed by atoms with van der Waals surface area (Å²) in [6.45, 7) is 19.0. The minimum Gasteiger partial charge on any atom is -0.147 e. The van der Waals surface area contributed by atoms with Crippen molar-refractivity contribution in [2.24, 2.45) is 0 Å². The molecule has 0 radical (unpaired) electrons. The fourth-order valence-corrected chi connectivity index (χ4v) is 15.8. The van der Waals surface area contributed by atoms with Gasteiger partial charge in [0, 0.05) is 0 Å². The zero-order valence-electron chi connectivity index (χ0n) is 30.8. The van der Waals surface area contributed by atoms with Crippen LogP contribution in [0.5, 0.6) is 0 Å². The first-order chi connectivity index (χ1) is 22.9. The van der Waals surface area contributed by atoms with Crippen LogP contribution in [-0.2, 0) is 38.5 Å². The third kappa shape index (κ3) is 7.17. The van der Waals surface area contributed by atoms with Crippen molar-refractivity contribution in [1.29, 1.82) is 0 Å². The molecular formula is C47H50Cl2Zr. The molecule has 2 aliphatic rings. The third-order valence-corrected chi connectivity index (χ3v) is 17.9. The van der Waals surface area contributed by atoms with Gasteiger partial charge in [-0.25, -0.2) is 0 Å². The second-order valence-corrected chi connectivity index (χ2v) is 22.3. The van der Waals surface area contributed by atoms with E-state index in [1.54, 1.807) is 15.3 Å². The number of allylic oxidation sites excluding steroid dienone is 4. The molecule has 0 bridgehead atoms. The molecule has 0 nitrogen and oxygen atoms in total. The quantitative estimate of drug-likeness (QED) is 0.164. The van der Waals surface area contributed by atoms with E-state index >= 15 is 0 Å². The van der Waals surface area contributed by atoms with Crippen LogP contribution in [-0.4, -0.2) is 3.21 Å². The summed E-state index contributed by atoms with van der Waals surface area (Å²) in [6.07, 6.45) is 9.22. The maximum Gasteiger partial charge on any atom is -0.147 e. The molecule has 256 valence electrons. The molecule has 0 amide bonds. The summed E-state index contributed by atoms with van der Waals surface area (Å²) < 4.78 is 4.99. The molecule has 0 N–H and O–H groups in total. The van der Waals surface area contributed by atoms with Gasteiger partial charge in [0.2, 0.25) is 0 Å². The molecule has 5 aromatic rings. The topological polar surface area (TPSA) is 0 Å². The Labute approximate surface area is 320 Å². The Morgan fingerprint density at radius 1 is 0.640 bits per heavy atom. The molecule has 0 spiro atoms. The van der Waals surface area contributed by atoms with Crippen LogP contribution < -0.4 is 3.27 Å². The summed E-state index contributed by atoms with van der Waals surface area (Å²) in [7, 11) is 0. The van der Waals surface area contributed by atoms with E-state index in [0.29, 0.717) is 0 Å². The van der Waals surface area contributed by atoms with E-state index in [1.807, 2.05) is 0 Å². The van der Waals surface area contributed by atoms with Crippen LogP contribution in [0.1, 0.15) is 88.3 Å². The van der Waals surface area contributed by atoms with Crippen molar-refractivity contribution in [2.45, 2.75) is 79.1 Å².